The summed E-state index contributed by atoms with van der Waals surface area (Å²) in [4.78, 5) is 23.7. The Hall–Kier alpha value is -4.05. The van der Waals surface area contributed by atoms with E-state index in [2.05, 4.69) is 10.0 Å². The Kier molecular flexibility index (Phi) is 7.75. The molecule has 0 saturated heterocycles. The van der Waals surface area contributed by atoms with Crippen molar-refractivity contribution in [2.24, 2.45) is 0 Å². The molecule has 0 heterocycles. The second-order valence-electron chi connectivity index (χ2n) is 7.21. The SMILES string of the molecule is COc1ccc(NC(=O)c2ccccc2NS(=O)(=O)c2ccc(CCC(=O)O)cc2)c(OC)c1. The van der Waals surface area contributed by atoms with E-state index in [0.717, 1.165) is 0 Å². The molecule has 0 atom stereocenters. The molecule has 0 aliphatic carbocycles. The van der Waals surface area contributed by atoms with Crippen molar-refractivity contribution in [1.29, 1.82) is 0 Å². The number of benzene rings is 3. The summed E-state index contributed by atoms with van der Waals surface area (Å²) >= 11 is 0. The Bertz CT molecular complexity index is 1290. The van der Waals surface area contributed by atoms with Gasteiger partial charge in [-0.3, -0.25) is 14.3 Å². The molecule has 10 heteroatoms. The molecule has 0 aliphatic heterocycles. The van der Waals surface area contributed by atoms with Gasteiger partial charge in [0.1, 0.15) is 11.5 Å². The number of carbonyl (C=O) groups is 2. The minimum atomic E-state index is -4.00. The van der Waals surface area contributed by atoms with Gasteiger partial charge < -0.3 is 19.9 Å². The number of methoxy groups -OCH3 is 2. The monoisotopic (exact) mass is 484 g/mol. The second-order valence-corrected chi connectivity index (χ2v) is 8.89. The first-order chi connectivity index (χ1) is 16.2. The van der Waals surface area contributed by atoms with Gasteiger partial charge in [0.15, 0.2) is 0 Å². The fraction of sp³-hybridized carbons (Fsp3) is 0.167. The normalized spacial score (nSPS) is 10.9. The lowest BCUT2D eigenvalue weighted by atomic mass is 10.1. The second kappa shape index (κ2) is 10.7. The van der Waals surface area contributed by atoms with E-state index in [1.807, 2.05) is 0 Å². The van der Waals surface area contributed by atoms with Crippen molar-refractivity contribution in [3.63, 3.8) is 0 Å². The number of nitrogens with one attached hydrogen (secondary N) is 2. The molecule has 0 aromatic heterocycles. The first-order valence-corrected chi connectivity index (χ1v) is 11.7. The zero-order chi connectivity index (χ0) is 24.7. The molecule has 0 aliphatic rings. The summed E-state index contributed by atoms with van der Waals surface area (Å²) in [6, 6.07) is 17.0. The van der Waals surface area contributed by atoms with Crippen LogP contribution in [0.5, 0.6) is 11.5 Å². The molecular formula is C24H24N2O7S. The fourth-order valence-corrected chi connectivity index (χ4v) is 4.23. The van der Waals surface area contributed by atoms with E-state index in [9.17, 15) is 18.0 Å². The number of anilines is 2. The Morgan fingerprint density at radius 3 is 2.26 bits per heavy atom. The maximum Gasteiger partial charge on any atom is 0.303 e. The van der Waals surface area contributed by atoms with Crippen LogP contribution in [0, 0.1) is 0 Å². The first-order valence-electron chi connectivity index (χ1n) is 10.2. The van der Waals surface area contributed by atoms with Crippen LogP contribution in [0.2, 0.25) is 0 Å². The van der Waals surface area contributed by atoms with Crippen molar-refractivity contribution < 1.29 is 32.6 Å². The topological polar surface area (TPSA) is 131 Å². The van der Waals surface area contributed by atoms with Gasteiger partial charge in [-0.1, -0.05) is 24.3 Å². The molecule has 3 aromatic rings. The average Bonchev–Trinajstić information content (AvgIpc) is 2.83. The van der Waals surface area contributed by atoms with Crippen LogP contribution in [-0.2, 0) is 21.2 Å². The van der Waals surface area contributed by atoms with Gasteiger partial charge in [-0.2, -0.15) is 0 Å². The molecular weight excluding hydrogens is 460 g/mol. The molecule has 3 aromatic carbocycles. The summed E-state index contributed by atoms with van der Waals surface area (Å²) < 4.78 is 38.7. The first kappa shape index (κ1) is 24.6. The van der Waals surface area contributed by atoms with E-state index >= 15 is 0 Å². The summed E-state index contributed by atoms with van der Waals surface area (Å²) in [5, 5.41) is 11.5. The summed E-state index contributed by atoms with van der Waals surface area (Å²) in [5.41, 5.74) is 1.31. The number of hydrogen-bond acceptors (Lipinski definition) is 6. The van der Waals surface area contributed by atoms with E-state index in [-0.39, 0.29) is 22.6 Å². The Morgan fingerprint density at radius 1 is 0.912 bits per heavy atom. The zero-order valence-corrected chi connectivity index (χ0v) is 19.4. The van der Waals surface area contributed by atoms with Gasteiger partial charge >= 0.3 is 5.97 Å². The number of sulfonamides is 1. The number of para-hydroxylation sites is 1. The van der Waals surface area contributed by atoms with Crippen molar-refractivity contribution in [1.82, 2.24) is 0 Å². The van der Waals surface area contributed by atoms with Gasteiger partial charge in [0, 0.05) is 12.5 Å². The number of carboxylic acids is 1. The minimum absolute atomic E-state index is 0.0152. The van der Waals surface area contributed by atoms with Crippen LogP contribution >= 0.6 is 0 Å². The molecule has 34 heavy (non-hydrogen) atoms. The molecule has 0 fully saturated rings. The quantitative estimate of drug-likeness (QED) is 0.399. The van der Waals surface area contributed by atoms with Crippen molar-refractivity contribution in [3.05, 3.63) is 77.9 Å². The molecule has 9 nitrogen and oxygen atoms in total. The zero-order valence-electron chi connectivity index (χ0n) is 18.6. The van der Waals surface area contributed by atoms with E-state index in [0.29, 0.717) is 29.2 Å². The smallest absolute Gasteiger partial charge is 0.303 e. The Labute approximate surface area is 197 Å². The van der Waals surface area contributed by atoms with Crippen LogP contribution in [-0.4, -0.2) is 39.6 Å². The number of ether oxygens (including phenoxy) is 2. The summed E-state index contributed by atoms with van der Waals surface area (Å²) in [6.07, 6.45) is 0.243. The highest BCUT2D eigenvalue weighted by atomic mass is 32.2. The summed E-state index contributed by atoms with van der Waals surface area (Å²) in [7, 11) is -1.03. The predicted molar refractivity (Wildman–Crippen MR) is 127 cm³/mol. The van der Waals surface area contributed by atoms with E-state index in [4.69, 9.17) is 14.6 Å². The highest BCUT2D eigenvalue weighted by Crippen LogP contribution is 2.30. The molecule has 178 valence electrons. The number of carbonyl (C=O) groups excluding carboxylic acids is 1. The van der Waals surface area contributed by atoms with Crippen molar-refractivity contribution in [2.45, 2.75) is 17.7 Å². The van der Waals surface area contributed by atoms with Crippen molar-refractivity contribution in [2.75, 3.05) is 24.3 Å². The van der Waals surface area contributed by atoms with Crippen LogP contribution in [0.25, 0.3) is 0 Å². The highest BCUT2D eigenvalue weighted by molar-refractivity contribution is 7.92. The lowest BCUT2D eigenvalue weighted by Crippen LogP contribution is -2.19. The van der Waals surface area contributed by atoms with E-state index in [1.54, 1.807) is 42.5 Å². The molecule has 3 N–H and O–H groups in total. The molecule has 3 rings (SSSR count). The number of aliphatic carboxylic acids is 1. The fourth-order valence-electron chi connectivity index (χ4n) is 3.15. The number of hydrogen-bond donors (Lipinski definition) is 3. The lowest BCUT2D eigenvalue weighted by molar-refractivity contribution is -0.136. The summed E-state index contributed by atoms with van der Waals surface area (Å²) in [5.74, 6) is -0.531. The summed E-state index contributed by atoms with van der Waals surface area (Å²) in [6.45, 7) is 0. The van der Waals surface area contributed by atoms with Gasteiger partial charge in [-0.15, -0.1) is 0 Å². The molecule has 0 unspecified atom stereocenters. The number of amides is 1. The van der Waals surface area contributed by atoms with Crippen LogP contribution in [0.4, 0.5) is 11.4 Å². The lowest BCUT2D eigenvalue weighted by Gasteiger charge is -2.15. The van der Waals surface area contributed by atoms with Gasteiger partial charge in [0.05, 0.1) is 36.1 Å². The predicted octanol–water partition coefficient (Wildman–Crippen LogP) is 3.77. The van der Waals surface area contributed by atoms with Crippen molar-refractivity contribution >= 4 is 33.3 Å². The highest BCUT2D eigenvalue weighted by Gasteiger charge is 2.20. The molecule has 0 bridgehead atoms. The molecule has 1 amide bonds. The van der Waals surface area contributed by atoms with Crippen LogP contribution in [0.1, 0.15) is 22.3 Å². The number of rotatable bonds is 10. The number of aryl methyl sites for hydroxylation is 1. The van der Waals surface area contributed by atoms with E-state index in [1.165, 1.54) is 38.5 Å². The molecule has 0 spiro atoms. The van der Waals surface area contributed by atoms with Gasteiger partial charge in [-0.05, 0) is 48.4 Å². The number of carboxylic acid groups (broad SMARTS) is 1. The Morgan fingerprint density at radius 2 is 1.62 bits per heavy atom. The van der Waals surface area contributed by atoms with Crippen LogP contribution in [0.3, 0.4) is 0 Å². The maximum absolute atomic E-state index is 13.0. The van der Waals surface area contributed by atoms with Gasteiger partial charge in [0.25, 0.3) is 15.9 Å². The third-order valence-electron chi connectivity index (χ3n) is 4.93. The molecule has 0 saturated carbocycles. The third-order valence-corrected chi connectivity index (χ3v) is 6.32. The van der Waals surface area contributed by atoms with Gasteiger partial charge in [-0.25, -0.2) is 8.42 Å². The maximum atomic E-state index is 13.0. The third kappa shape index (κ3) is 6.04. The van der Waals surface area contributed by atoms with E-state index < -0.39 is 21.9 Å². The van der Waals surface area contributed by atoms with Crippen molar-refractivity contribution in [3.8, 4) is 11.5 Å². The van der Waals surface area contributed by atoms with Gasteiger partial charge in [0.2, 0.25) is 0 Å². The molecule has 0 radical (unpaired) electrons. The standard InChI is InChI=1S/C24H24N2O7S/c1-32-17-10-13-21(22(15-17)33-2)25-24(29)19-5-3-4-6-20(19)26-34(30,31)18-11-7-16(8-12-18)9-14-23(27)28/h3-8,10-13,15,26H,9,14H2,1-2H3,(H,25,29)(H,27,28). The minimum Gasteiger partial charge on any atom is -0.497 e. The van der Waals surface area contributed by atoms with Crippen LogP contribution in [0.15, 0.2) is 71.6 Å². The largest absolute Gasteiger partial charge is 0.497 e. The average molecular weight is 485 g/mol. The Balaban J connectivity index is 1.81. The van der Waals surface area contributed by atoms with Crippen LogP contribution < -0.4 is 19.5 Å².